The molecule has 0 aliphatic carbocycles. The second-order valence-corrected chi connectivity index (χ2v) is 3.97. The smallest absolute Gasteiger partial charge is 0.372 e. The van der Waals surface area contributed by atoms with Gasteiger partial charge in [0.25, 0.3) is 0 Å². The molecule has 1 aromatic carbocycles. The van der Waals surface area contributed by atoms with Crippen LogP contribution in [-0.4, -0.2) is 19.8 Å². The Kier molecular flexibility index (Phi) is 4.21. The van der Waals surface area contributed by atoms with Gasteiger partial charge in [0.05, 0.1) is 5.69 Å². The van der Waals surface area contributed by atoms with E-state index in [-0.39, 0.29) is 12.6 Å². The van der Waals surface area contributed by atoms with E-state index in [4.69, 9.17) is 0 Å². The van der Waals surface area contributed by atoms with Crippen molar-refractivity contribution < 1.29 is 35.1 Å². The molecule has 0 heterocycles. The van der Waals surface area contributed by atoms with Crippen LogP contribution in [0.1, 0.15) is 12.5 Å². The summed E-state index contributed by atoms with van der Waals surface area (Å²) >= 11 is 0. The molecule has 0 bridgehead atoms. The van der Waals surface area contributed by atoms with Crippen LogP contribution in [0.4, 0.5) is 40.8 Å². The lowest BCUT2D eigenvalue weighted by Gasteiger charge is -2.24. The quantitative estimate of drug-likeness (QED) is 0.597. The lowest BCUT2D eigenvalue weighted by molar-refractivity contribution is -0.291. The molecule has 114 valence electrons. The normalized spacial score (nSPS) is 12.7. The summed E-state index contributed by atoms with van der Waals surface area (Å²) in [6, 6.07) is 0.226. The summed E-state index contributed by atoms with van der Waals surface area (Å²) in [5.41, 5.74) is -3.52. The van der Waals surface area contributed by atoms with Crippen molar-refractivity contribution >= 4 is 5.69 Å². The van der Waals surface area contributed by atoms with Crippen LogP contribution in [0.25, 0.3) is 0 Å². The first-order valence-corrected chi connectivity index (χ1v) is 5.28. The van der Waals surface area contributed by atoms with Gasteiger partial charge in [-0.15, -0.1) is 0 Å². The Balaban J connectivity index is 3.67. The van der Waals surface area contributed by atoms with E-state index >= 15 is 0 Å². The first kappa shape index (κ1) is 16.5. The summed E-state index contributed by atoms with van der Waals surface area (Å²) in [6.45, 7) is 1.40. The molecule has 0 amide bonds. The third kappa shape index (κ3) is 2.53. The van der Waals surface area contributed by atoms with Crippen LogP contribution < -0.4 is 4.90 Å². The number of rotatable bonds is 3. The maximum Gasteiger partial charge on any atom is 0.458 e. The van der Waals surface area contributed by atoms with Gasteiger partial charge in [-0.25, -0.2) is 13.2 Å². The second-order valence-electron chi connectivity index (χ2n) is 3.97. The van der Waals surface area contributed by atoms with Crippen molar-refractivity contribution in [3.63, 3.8) is 0 Å². The molecule has 0 atom stereocenters. The van der Waals surface area contributed by atoms with Crippen LogP contribution in [0.3, 0.4) is 0 Å². The number of hydrogen-bond acceptors (Lipinski definition) is 1. The molecule has 0 saturated carbocycles. The van der Waals surface area contributed by atoms with Crippen molar-refractivity contribution in [2.24, 2.45) is 0 Å². The van der Waals surface area contributed by atoms with Gasteiger partial charge in [-0.3, -0.25) is 0 Å². The van der Waals surface area contributed by atoms with Crippen molar-refractivity contribution in [3.05, 3.63) is 29.1 Å². The number of hydrogen-bond donors (Lipinski definition) is 0. The minimum Gasteiger partial charge on any atom is -0.372 e. The van der Waals surface area contributed by atoms with Crippen molar-refractivity contribution in [2.75, 3.05) is 18.5 Å². The molecule has 0 fully saturated rings. The van der Waals surface area contributed by atoms with Gasteiger partial charge in [-0.2, -0.15) is 22.0 Å². The molecule has 20 heavy (non-hydrogen) atoms. The minimum absolute atomic E-state index is 0.0149. The fraction of sp³-hybridized carbons (Fsp3) is 0.455. The lowest BCUT2D eigenvalue weighted by Crippen LogP contribution is -2.36. The van der Waals surface area contributed by atoms with Gasteiger partial charge in [0, 0.05) is 19.7 Å². The van der Waals surface area contributed by atoms with Crippen LogP contribution >= 0.6 is 0 Å². The van der Waals surface area contributed by atoms with E-state index in [1.807, 2.05) is 0 Å². The predicted molar refractivity (Wildman–Crippen MR) is 55.2 cm³/mol. The molecule has 0 aromatic heterocycles. The highest BCUT2D eigenvalue weighted by molar-refractivity contribution is 5.52. The minimum atomic E-state index is -6.25. The highest BCUT2D eigenvalue weighted by Gasteiger charge is 2.62. The Morgan fingerprint density at radius 3 is 1.90 bits per heavy atom. The average Bonchev–Trinajstić information content (AvgIpc) is 2.31. The first-order valence-electron chi connectivity index (χ1n) is 5.28. The fourth-order valence-corrected chi connectivity index (χ4v) is 1.46. The van der Waals surface area contributed by atoms with Crippen LogP contribution in [0.15, 0.2) is 6.07 Å². The molecule has 1 aromatic rings. The van der Waals surface area contributed by atoms with E-state index in [2.05, 4.69) is 0 Å². The molecule has 1 rings (SSSR count). The third-order valence-electron chi connectivity index (χ3n) is 2.69. The lowest BCUT2D eigenvalue weighted by atomic mass is 10.0. The summed E-state index contributed by atoms with van der Waals surface area (Å²) in [7, 11) is 1.13. The third-order valence-corrected chi connectivity index (χ3v) is 2.69. The van der Waals surface area contributed by atoms with E-state index in [1.54, 1.807) is 0 Å². The fourth-order valence-electron chi connectivity index (χ4n) is 1.46. The highest BCUT2D eigenvalue weighted by atomic mass is 19.4. The Hall–Kier alpha value is -1.54. The summed E-state index contributed by atoms with van der Waals surface area (Å²) in [4.78, 5) is 0.869. The zero-order valence-corrected chi connectivity index (χ0v) is 10.3. The van der Waals surface area contributed by atoms with Crippen molar-refractivity contribution in [1.29, 1.82) is 0 Å². The van der Waals surface area contributed by atoms with Crippen molar-refractivity contribution in [3.8, 4) is 0 Å². The maximum absolute atomic E-state index is 13.7. The number of benzene rings is 1. The summed E-state index contributed by atoms with van der Waals surface area (Å²) in [6.07, 6.45) is -6.25. The second kappa shape index (κ2) is 5.10. The summed E-state index contributed by atoms with van der Waals surface area (Å²) in [5, 5.41) is 0. The van der Waals surface area contributed by atoms with Gasteiger partial charge in [-0.05, 0) is 6.92 Å². The molecule has 0 N–H and O–H groups in total. The van der Waals surface area contributed by atoms with E-state index in [9.17, 15) is 35.1 Å². The largest absolute Gasteiger partial charge is 0.458 e. The monoisotopic (exact) mass is 307 g/mol. The van der Waals surface area contributed by atoms with Gasteiger partial charge in [0.15, 0.2) is 17.5 Å². The van der Waals surface area contributed by atoms with Gasteiger partial charge in [0.1, 0.15) is 5.56 Å². The molecule has 0 spiro atoms. The molecular formula is C11H9F8N. The number of alkyl halides is 5. The van der Waals surface area contributed by atoms with Crippen LogP contribution in [0, 0.1) is 17.5 Å². The number of halogens is 8. The Labute approximate surface area is 108 Å². The standard InChI is InChI=1S/C11H9F8N/c1-3-20(2)6-4-5(12)8(13)7(9(6)14)10(15,16)11(17,18)19/h4H,3H2,1-2H3. The van der Waals surface area contributed by atoms with Gasteiger partial charge in [-0.1, -0.05) is 0 Å². The molecule has 0 aliphatic rings. The molecule has 0 aliphatic heterocycles. The van der Waals surface area contributed by atoms with E-state index in [0.29, 0.717) is 0 Å². The first-order chi connectivity index (χ1) is 8.95. The van der Waals surface area contributed by atoms with Crippen LogP contribution in [0.5, 0.6) is 0 Å². The predicted octanol–water partition coefficient (Wildman–Crippen LogP) is 4.21. The number of anilines is 1. The highest BCUT2D eigenvalue weighted by Crippen LogP contribution is 2.47. The zero-order valence-electron chi connectivity index (χ0n) is 10.3. The Morgan fingerprint density at radius 2 is 1.50 bits per heavy atom. The molecule has 1 nitrogen and oxygen atoms in total. The molecule has 0 saturated heterocycles. The van der Waals surface area contributed by atoms with Gasteiger partial charge in [0.2, 0.25) is 0 Å². The van der Waals surface area contributed by atoms with E-state index < -0.39 is 40.8 Å². The molecular weight excluding hydrogens is 298 g/mol. The Bertz CT molecular complexity index is 508. The van der Waals surface area contributed by atoms with Gasteiger partial charge >= 0.3 is 12.1 Å². The molecule has 0 radical (unpaired) electrons. The van der Waals surface area contributed by atoms with Crippen LogP contribution in [-0.2, 0) is 5.92 Å². The van der Waals surface area contributed by atoms with Crippen molar-refractivity contribution in [2.45, 2.75) is 19.0 Å². The summed E-state index contributed by atoms with van der Waals surface area (Å²) < 4.78 is 103. The van der Waals surface area contributed by atoms with Crippen molar-refractivity contribution in [1.82, 2.24) is 0 Å². The topological polar surface area (TPSA) is 3.24 Å². The molecule has 9 heteroatoms. The average molecular weight is 307 g/mol. The summed E-state index contributed by atoms with van der Waals surface area (Å²) in [5.74, 6) is -12.5. The Morgan fingerprint density at radius 1 is 1.00 bits per heavy atom. The maximum atomic E-state index is 13.7. The number of nitrogens with zero attached hydrogens (tertiary/aromatic N) is 1. The van der Waals surface area contributed by atoms with Crippen LogP contribution in [0.2, 0.25) is 0 Å². The van der Waals surface area contributed by atoms with E-state index in [0.717, 1.165) is 11.9 Å². The van der Waals surface area contributed by atoms with E-state index in [1.165, 1.54) is 6.92 Å². The SMILES string of the molecule is CCN(C)c1cc(F)c(F)c(C(F)(F)C(F)(F)F)c1F. The zero-order chi connectivity index (χ0) is 15.9. The molecule has 0 unspecified atom stereocenters. The van der Waals surface area contributed by atoms with Gasteiger partial charge < -0.3 is 4.90 Å².